The summed E-state index contributed by atoms with van der Waals surface area (Å²) >= 11 is 0. The number of carboxylic acid groups (broad SMARTS) is 1. The number of nitrogen functional groups attached to an aromatic ring is 2. The fraction of sp³-hybridized carbons (Fsp3) is 0. The number of carboxylic acids is 1. The molecule has 7 heteroatoms. The molecule has 0 saturated heterocycles. The first-order valence-electron chi connectivity index (χ1n) is 5.29. The monoisotopic (exact) mass is 318 g/mol. The standard InChI is InChI=1S/C8H6O3.C5H7N3.Co/c9-5-6-1-3-7(4-2-6)8(10)11;6-4-2-1-3-5(7)8-4;/h1-5H,(H,10,11);1-3H,(H4,6,7,8);. The number of carbonyl (C=O) groups excluding carboxylic acids is 1. The van der Waals surface area contributed by atoms with Crippen molar-refractivity contribution in [3.63, 3.8) is 0 Å². The molecule has 2 aromatic rings. The first-order chi connectivity index (χ1) is 9.02. The van der Waals surface area contributed by atoms with Gasteiger partial charge >= 0.3 is 5.97 Å². The first kappa shape index (κ1) is 17.6. The van der Waals surface area contributed by atoms with Crippen molar-refractivity contribution in [2.45, 2.75) is 0 Å². The van der Waals surface area contributed by atoms with Gasteiger partial charge in [0, 0.05) is 22.3 Å². The number of aromatic carboxylic acids is 1. The molecule has 1 heterocycles. The first-order valence-corrected chi connectivity index (χ1v) is 5.29. The number of aromatic nitrogens is 1. The maximum Gasteiger partial charge on any atom is 0.335 e. The molecule has 0 unspecified atom stereocenters. The van der Waals surface area contributed by atoms with Crippen LogP contribution in [0.1, 0.15) is 20.7 Å². The summed E-state index contributed by atoms with van der Waals surface area (Å²) in [5.41, 5.74) is 11.2. The van der Waals surface area contributed by atoms with Gasteiger partial charge in [-0.25, -0.2) is 9.78 Å². The maximum atomic E-state index is 10.3. The molecular weight excluding hydrogens is 305 g/mol. The second-order valence-corrected chi connectivity index (χ2v) is 3.53. The van der Waals surface area contributed by atoms with E-state index in [1.807, 2.05) is 0 Å². The SMILES string of the molecule is Nc1cccc(N)n1.O=Cc1ccc(C(=O)O)cc1.[Co]. The second-order valence-electron chi connectivity index (χ2n) is 3.53. The van der Waals surface area contributed by atoms with E-state index in [1.54, 1.807) is 18.2 Å². The van der Waals surface area contributed by atoms with Gasteiger partial charge < -0.3 is 16.6 Å². The predicted octanol–water partition coefficient (Wildman–Crippen LogP) is 1.44. The zero-order valence-electron chi connectivity index (χ0n) is 10.3. The molecular formula is C13H13CoN3O3. The molecule has 2 rings (SSSR count). The van der Waals surface area contributed by atoms with E-state index in [4.69, 9.17) is 16.6 Å². The minimum Gasteiger partial charge on any atom is -0.478 e. The van der Waals surface area contributed by atoms with E-state index in [9.17, 15) is 9.59 Å². The summed E-state index contributed by atoms with van der Waals surface area (Å²) in [7, 11) is 0. The van der Waals surface area contributed by atoms with Crippen molar-refractivity contribution in [2.24, 2.45) is 0 Å². The Balaban J connectivity index is 0.000000359. The fourth-order valence-corrected chi connectivity index (χ4v) is 1.17. The Morgan fingerprint density at radius 3 is 1.85 bits per heavy atom. The average Bonchev–Trinajstić information content (AvgIpc) is 2.39. The molecule has 0 aliphatic rings. The third-order valence-electron chi connectivity index (χ3n) is 2.09. The minimum atomic E-state index is -0.984. The van der Waals surface area contributed by atoms with Gasteiger partial charge in [0.05, 0.1) is 5.56 Å². The Labute approximate surface area is 126 Å². The molecule has 0 spiro atoms. The van der Waals surface area contributed by atoms with Gasteiger partial charge in [0.15, 0.2) is 0 Å². The van der Waals surface area contributed by atoms with Gasteiger partial charge in [-0.15, -0.1) is 0 Å². The molecule has 0 amide bonds. The van der Waals surface area contributed by atoms with E-state index in [0.717, 1.165) is 0 Å². The Kier molecular flexibility index (Phi) is 7.64. The van der Waals surface area contributed by atoms with Crippen molar-refractivity contribution in [3.8, 4) is 0 Å². The molecule has 0 bridgehead atoms. The van der Waals surface area contributed by atoms with Gasteiger partial charge in [-0.05, 0) is 24.3 Å². The quantitative estimate of drug-likeness (QED) is 0.721. The summed E-state index contributed by atoms with van der Waals surface area (Å²) in [5, 5.41) is 8.46. The number of aldehydes is 1. The molecule has 0 aliphatic carbocycles. The number of benzene rings is 1. The second kappa shape index (κ2) is 8.67. The van der Waals surface area contributed by atoms with Crippen LogP contribution < -0.4 is 11.5 Å². The van der Waals surface area contributed by atoms with Crippen LogP contribution >= 0.6 is 0 Å². The number of hydrogen-bond acceptors (Lipinski definition) is 5. The van der Waals surface area contributed by atoms with E-state index < -0.39 is 5.97 Å². The minimum absolute atomic E-state index is 0. The van der Waals surface area contributed by atoms with Gasteiger partial charge in [0.2, 0.25) is 0 Å². The summed E-state index contributed by atoms with van der Waals surface area (Å²) in [6.07, 6.45) is 0.672. The Morgan fingerprint density at radius 2 is 1.55 bits per heavy atom. The van der Waals surface area contributed by atoms with Crippen LogP contribution in [0.15, 0.2) is 42.5 Å². The van der Waals surface area contributed by atoms with Crippen molar-refractivity contribution >= 4 is 23.9 Å². The maximum absolute atomic E-state index is 10.3. The molecule has 1 aromatic carbocycles. The van der Waals surface area contributed by atoms with E-state index in [-0.39, 0.29) is 22.3 Å². The molecule has 107 valence electrons. The number of nitrogens with two attached hydrogens (primary N) is 2. The van der Waals surface area contributed by atoms with Gasteiger partial charge in [0.25, 0.3) is 0 Å². The van der Waals surface area contributed by atoms with Crippen molar-refractivity contribution in [1.29, 1.82) is 0 Å². The molecule has 1 aromatic heterocycles. The Hall–Kier alpha value is -2.38. The van der Waals surface area contributed by atoms with Crippen LogP contribution in [-0.4, -0.2) is 22.3 Å². The molecule has 5 N–H and O–H groups in total. The summed E-state index contributed by atoms with van der Waals surface area (Å²) in [6, 6.07) is 10.9. The number of rotatable bonds is 2. The predicted molar refractivity (Wildman–Crippen MR) is 71.9 cm³/mol. The number of carbonyl (C=O) groups is 2. The molecule has 20 heavy (non-hydrogen) atoms. The van der Waals surface area contributed by atoms with Crippen LogP contribution in [0.3, 0.4) is 0 Å². The smallest absolute Gasteiger partial charge is 0.335 e. The Morgan fingerprint density at radius 1 is 1.05 bits per heavy atom. The zero-order chi connectivity index (χ0) is 14.3. The van der Waals surface area contributed by atoms with Crippen LogP contribution in [0, 0.1) is 0 Å². The summed E-state index contributed by atoms with van der Waals surface area (Å²) < 4.78 is 0. The van der Waals surface area contributed by atoms with Crippen LogP contribution in [0.4, 0.5) is 11.6 Å². The molecule has 6 nitrogen and oxygen atoms in total. The largest absolute Gasteiger partial charge is 0.478 e. The molecule has 0 saturated carbocycles. The third kappa shape index (κ3) is 5.98. The zero-order valence-corrected chi connectivity index (χ0v) is 11.4. The van der Waals surface area contributed by atoms with Crippen molar-refractivity contribution in [3.05, 3.63) is 53.6 Å². The summed E-state index contributed by atoms with van der Waals surface area (Å²) in [4.78, 5) is 24.2. The van der Waals surface area contributed by atoms with Crippen molar-refractivity contribution in [2.75, 3.05) is 11.5 Å². The fourth-order valence-electron chi connectivity index (χ4n) is 1.17. The van der Waals surface area contributed by atoms with E-state index in [0.29, 0.717) is 23.5 Å². The number of nitrogens with zero attached hydrogens (tertiary/aromatic N) is 1. The molecule has 0 aliphatic heterocycles. The van der Waals surface area contributed by atoms with Crippen LogP contribution in [0.25, 0.3) is 0 Å². The summed E-state index contributed by atoms with van der Waals surface area (Å²) in [6.45, 7) is 0. The van der Waals surface area contributed by atoms with Gasteiger partial charge in [-0.3, -0.25) is 4.79 Å². The molecule has 0 atom stereocenters. The van der Waals surface area contributed by atoms with Gasteiger partial charge in [-0.2, -0.15) is 0 Å². The normalized spacial score (nSPS) is 8.60. The van der Waals surface area contributed by atoms with Gasteiger partial charge in [0.1, 0.15) is 17.9 Å². The van der Waals surface area contributed by atoms with Crippen LogP contribution in [0.5, 0.6) is 0 Å². The third-order valence-corrected chi connectivity index (χ3v) is 2.09. The van der Waals surface area contributed by atoms with Crippen molar-refractivity contribution in [1.82, 2.24) is 4.98 Å². The van der Waals surface area contributed by atoms with Crippen LogP contribution in [-0.2, 0) is 16.8 Å². The van der Waals surface area contributed by atoms with Crippen LogP contribution in [0.2, 0.25) is 0 Å². The van der Waals surface area contributed by atoms with E-state index in [1.165, 1.54) is 24.3 Å². The number of anilines is 2. The Bertz CT molecular complexity index is 556. The van der Waals surface area contributed by atoms with Crippen molar-refractivity contribution < 1.29 is 31.5 Å². The molecule has 1 radical (unpaired) electrons. The van der Waals surface area contributed by atoms with Gasteiger partial charge in [-0.1, -0.05) is 18.2 Å². The topological polar surface area (TPSA) is 119 Å². The average molecular weight is 318 g/mol. The molecule has 0 fully saturated rings. The summed E-state index contributed by atoms with van der Waals surface area (Å²) in [5.74, 6) is -0.0579. The number of pyridine rings is 1. The van der Waals surface area contributed by atoms with E-state index >= 15 is 0 Å². The number of hydrogen-bond donors (Lipinski definition) is 3. The van der Waals surface area contributed by atoms with E-state index in [2.05, 4.69) is 4.98 Å².